The van der Waals surface area contributed by atoms with E-state index in [-0.39, 0.29) is 0 Å². The van der Waals surface area contributed by atoms with Gasteiger partial charge in [-0.05, 0) is 12.2 Å². The van der Waals surface area contributed by atoms with Crippen LogP contribution in [0.15, 0.2) is 36.7 Å². The maximum atomic E-state index is 8.97. The molecule has 0 aliphatic carbocycles. The lowest BCUT2D eigenvalue weighted by Crippen LogP contribution is -2.08. The largest absolute Gasteiger partial charge is 0.368 e. The van der Waals surface area contributed by atoms with Crippen molar-refractivity contribution in [3.63, 3.8) is 0 Å². The molecule has 0 radical (unpaired) electrons. The molecule has 6 heteroatoms. The van der Waals surface area contributed by atoms with Gasteiger partial charge in [-0.25, -0.2) is 5.14 Å². The summed E-state index contributed by atoms with van der Waals surface area (Å²) in [5.74, 6) is 0. The van der Waals surface area contributed by atoms with Crippen LogP contribution >= 0.6 is 0 Å². The minimum absolute atomic E-state index is 1.88. The van der Waals surface area contributed by atoms with E-state index >= 15 is 0 Å². The van der Waals surface area contributed by atoms with Crippen LogP contribution in [-0.2, 0) is 10.3 Å². The van der Waals surface area contributed by atoms with Crippen molar-refractivity contribution in [3.8, 4) is 0 Å². The van der Waals surface area contributed by atoms with Crippen LogP contribution in [-0.4, -0.2) is 13.0 Å². The fourth-order valence-corrected chi connectivity index (χ4v) is 0.406. The number of hydrogen-bond acceptors (Lipinski definition) is 3. The molecule has 0 aromatic rings. The number of nitrogens with one attached hydrogen (secondary N) is 1. The lowest BCUT2D eigenvalue weighted by atomic mass is 10.5. The van der Waals surface area contributed by atoms with E-state index in [0.717, 1.165) is 0 Å². The molecule has 0 unspecified atom stereocenters. The topological polar surface area (TPSA) is 92.4 Å². The highest BCUT2D eigenvalue weighted by Gasteiger charge is 1.81. The summed E-state index contributed by atoms with van der Waals surface area (Å²) in [4.78, 5) is 0. The van der Waals surface area contributed by atoms with Gasteiger partial charge in [-0.1, -0.05) is 12.2 Å². The number of rotatable bonds is 0. The molecule has 0 spiro atoms. The van der Waals surface area contributed by atoms with Crippen LogP contribution in [0.2, 0.25) is 0 Å². The smallest absolute Gasteiger partial charge is 0.330 e. The SMILES string of the molecule is C1=CC=CNC=C1.NS(=O)(=O)O. The van der Waals surface area contributed by atoms with Crippen molar-refractivity contribution < 1.29 is 13.0 Å². The van der Waals surface area contributed by atoms with Crippen molar-refractivity contribution in [1.82, 2.24) is 5.32 Å². The summed E-state index contributed by atoms with van der Waals surface area (Å²) in [6, 6.07) is 0. The standard InChI is InChI=1S/C6H7N.H3NO3S/c1-2-4-6-7-5-3-1;1-5(2,3)4/h1-7H;(H3,1,2,3,4). The summed E-state index contributed by atoms with van der Waals surface area (Å²) in [6.45, 7) is 0. The molecule has 5 nitrogen and oxygen atoms in total. The van der Waals surface area contributed by atoms with E-state index in [1.54, 1.807) is 0 Å². The fraction of sp³-hybridized carbons (Fsp3) is 0. The van der Waals surface area contributed by atoms with Crippen LogP contribution in [0, 0.1) is 0 Å². The third kappa shape index (κ3) is 16.0. The highest BCUT2D eigenvalue weighted by molar-refractivity contribution is 7.83. The second kappa shape index (κ2) is 5.53. The van der Waals surface area contributed by atoms with Gasteiger partial charge < -0.3 is 5.32 Å². The van der Waals surface area contributed by atoms with E-state index in [1.165, 1.54) is 0 Å². The molecule has 0 saturated heterocycles. The van der Waals surface area contributed by atoms with Gasteiger partial charge in [0.1, 0.15) is 0 Å². The molecule has 1 aliphatic heterocycles. The first-order valence-electron chi connectivity index (χ1n) is 3.00. The van der Waals surface area contributed by atoms with E-state index in [2.05, 4.69) is 10.5 Å². The van der Waals surface area contributed by atoms with E-state index in [4.69, 9.17) is 13.0 Å². The lowest BCUT2D eigenvalue weighted by molar-refractivity contribution is 0.485. The molecule has 4 N–H and O–H groups in total. The maximum Gasteiger partial charge on any atom is 0.330 e. The quantitative estimate of drug-likeness (QED) is 0.466. The van der Waals surface area contributed by atoms with E-state index < -0.39 is 10.3 Å². The van der Waals surface area contributed by atoms with Crippen LogP contribution in [0.5, 0.6) is 0 Å². The first kappa shape index (κ1) is 10.9. The Kier molecular flexibility index (Phi) is 5.02. The monoisotopic (exact) mass is 190 g/mol. The predicted octanol–water partition coefficient (Wildman–Crippen LogP) is -0.0789. The maximum absolute atomic E-state index is 8.97. The van der Waals surface area contributed by atoms with Gasteiger partial charge in [-0.3, -0.25) is 4.55 Å². The first-order chi connectivity index (χ1) is 5.50. The molecule has 1 aliphatic rings. The van der Waals surface area contributed by atoms with Gasteiger partial charge in [0.05, 0.1) is 0 Å². The third-order valence-electron chi connectivity index (χ3n) is 0.718. The van der Waals surface area contributed by atoms with Gasteiger partial charge in [-0.15, -0.1) is 0 Å². The van der Waals surface area contributed by atoms with Crippen LogP contribution in [0.3, 0.4) is 0 Å². The molecule has 0 amide bonds. The van der Waals surface area contributed by atoms with Gasteiger partial charge in [0.25, 0.3) is 0 Å². The summed E-state index contributed by atoms with van der Waals surface area (Å²) < 4.78 is 25.2. The molecule has 0 fully saturated rings. The number of allylic oxidation sites excluding steroid dienone is 4. The van der Waals surface area contributed by atoms with Crippen LogP contribution in [0.1, 0.15) is 0 Å². The Bertz CT molecular complexity index is 268. The summed E-state index contributed by atoms with van der Waals surface area (Å²) in [7, 11) is -4.17. The lowest BCUT2D eigenvalue weighted by Gasteiger charge is -1.79. The number of nitrogens with two attached hydrogens (primary N) is 1. The summed E-state index contributed by atoms with van der Waals surface area (Å²) in [5.41, 5.74) is 0. The molecule has 68 valence electrons. The fourth-order valence-electron chi connectivity index (χ4n) is 0.406. The Labute approximate surface area is 71.1 Å². The van der Waals surface area contributed by atoms with Crippen molar-refractivity contribution in [2.75, 3.05) is 0 Å². The average molecular weight is 190 g/mol. The van der Waals surface area contributed by atoms with Gasteiger partial charge in [0, 0.05) is 12.4 Å². The Morgan fingerprint density at radius 2 is 1.42 bits per heavy atom. The Morgan fingerprint density at radius 1 is 1.08 bits per heavy atom. The molecule has 12 heavy (non-hydrogen) atoms. The van der Waals surface area contributed by atoms with Crippen molar-refractivity contribution in [1.29, 1.82) is 0 Å². The Morgan fingerprint density at radius 3 is 1.75 bits per heavy atom. The Balaban J connectivity index is 0.000000217. The third-order valence-corrected chi connectivity index (χ3v) is 0.718. The highest BCUT2D eigenvalue weighted by Crippen LogP contribution is 1.81. The molecule has 1 heterocycles. The van der Waals surface area contributed by atoms with Gasteiger partial charge >= 0.3 is 10.3 Å². The predicted molar refractivity (Wildman–Crippen MR) is 46.3 cm³/mol. The zero-order valence-corrected chi connectivity index (χ0v) is 7.03. The van der Waals surface area contributed by atoms with Crippen LogP contribution in [0.4, 0.5) is 0 Å². The van der Waals surface area contributed by atoms with Crippen molar-refractivity contribution in [3.05, 3.63) is 36.7 Å². The summed E-state index contributed by atoms with van der Waals surface area (Å²) >= 11 is 0. The summed E-state index contributed by atoms with van der Waals surface area (Å²) in [5, 5.41) is 6.81. The van der Waals surface area contributed by atoms with E-state index in [1.807, 2.05) is 36.7 Å². The minimum atomic E-state index is -4.17. The minimum Gasteiger partial charge on any atom is -0.368 e. The highest BCUT2D eigenvalue weighted by atomic mass is 32.2. The zero-order chi connectivity index (χ0) is 9.45. The number of hydrogen-bond donors (Lipinski definition) is 3. The van der Waals surface area contributed by atoms with Crippen LogP contribution < -0.4 is 10.5 Å². The van der Waals surface area contributed by atoms with Crippen molar-refractivity contribution >= 4 is 10.3 Å². The molecular weight excluding hydrogens is 180 g/mol. The molecule has 0 atom stereocenters. The molecule has 0 bridgehead atoms. The average Bonchev–Trinajstić information content (AvgIpc) is 2.10. The molecule has 0 aromatic heterocycles. The Hall–Kier alpha value is -1.11. The molecular formula is C6H10N2O3S. The van der Waals surface area contributed by atoms with Crippen LogP contribution in [0.25, 0.3) is 0 Å². The second-order valence-corrected chi connectivity index (χ2v) is 2.81. The summed E-state index contributed by atoms with van der Waals surface area (Å²) in [6.07, 6.45) is 11.6. The molecule has 1 rings (SSSR count). The van der Waals surface area contributed by atoms with Gasteiger partial charge in [-0.2, -0.15) is 8.42 Å². The van der Waals surface area contributed by atoms with E-state index in [0.29, 0.717) is 0 Å². The first-order valence-corrected chi connectivity index (χ1v) is 4.50. The van der Waals surface area contributed by atoms with E-state index in [9.17, 15) is 0 Å². The normalized spacial score (nSPS) is 14.2. The molecule has 0 saturated carbocycles. The van der Waals surface area contributed by atoms with Gasteiger partial charge in [0.2, 0.25) is 0 Å². The molecule has 0 aromatic carbocycles. The van der Waals surface area contributed by atoms with Crippen molar-refractivity contribution in [2.24, 2.45) is 5.14 Å². The van der Waals surface area contributed by atoms with Gasteiger partial charge in [0.15, 0.2) is 0 Å². The van der Waals surface area contributed by atoms with Crippen molar-refractivity contribution in [2.45, 2.75) is 0 Å². The second-order valence-electron chi connectivity index (χ2n) is 1.78. The zero-order valence-electron chi connectivity index (χ0n) is 6.21.